The molecule has 2 aromatic heterocycles. The van der Waals surface area contributed by atoms with Crippen LogP contribution in [0.15, 0.2) is 41.2 Å². The Morgan fingerprint density at radius 3 is 2.46 bits per heavy atom. The number of methoxy groups -OCH3 is 1. The van der Waals surface area contributed by atoms with Gasteiger partial charge in [0.05, 0.1) is 12.8 Å². The maximum Gasteiger partial charge on any atom is 0.255 e. The number of nitrogens with one attached hydrogen (secondary N) is 1. The molecule has 0 atom stereocenters. The van der Waals surface area contributed by atoms with Gasteiger partial charge in [-0.3, -0.25) is 14.2 Å². The summed E-state index contributed by atoms with van der Waals surface area (Å²) in [6.07, 6.45) is 0.612. The quantitative estimate of drug-likeness (QED) is 0.707. The third-order valence-electron chi connectivity index (χ3n) is 4.28. The van der Waals surface area contributed by atoms with Crippen molar-refractivity contribution >= 4 is 11.6 Å². The van der Waals surface area contributed by atoms with Crippen LogP contribution < -0.4 is 15.6 Å². The normalized spacial score (nSPS) is 10.7. The molecule has 0 bridgehead atoms. The first-order valence-electron chi connectivity index (χ1n) is 8.99. The van der Waals surface area contributed by atoms with Gasteiger partial charge in [0.1, 0.15) is 12.3 Å². The molecular formula is C20H23N5O3. The van der Waals surface area contributed by atoms with Crippen molar-refractivity contribution in [1.82, 2.24) is 19.3 Å². The Balaban J connectivity index is 1.93. The molecule has 1 aromatic carbocycles. The highest BCUT2D eigenvalue weighted by Gasteiger charge is 2.16. The Labute approximate surface area is 162 Å². The van der Waals surface area contributed by atoms with Gasteiger partial charge in [-0.05, 0) is 50.6 Å². The van der Waals surface area contributed by atoms with Gasteiger partial charge >= 0.3 is 0 Å². The summed E-state index contributed by atoms with van der Waals surface area (Å²) in [5.41, 5.74) is 2.62. The summed E-state index contributed by atoms with van der Waals surface area (Å²) < 4.78 is 8.03. The van der Waals surface area contributed by atoms with Crippen LogP contribution in [-0.2, 0) is 17.8 Å². The number of hydrogen-bond acceptors (Lipinski definition) is 5. The number of nitrogens with zero attached hydrogens (tertiary/aromatic N) is 4. The molecule has 0 saturated heterocycles. The first-order valence-corrected chi connectivity index (χ1v) is 8.99. The summed E-state index contributed by atoms with van der Waals surface area (Å²) in [5.74, 6) is 0.696. The minimum Gasteiger partial charge on any atom is -0.497 e. The van der Waals surface area contributed by atoms with Crippen LogP contribution in [0, 0.1) is 13.8 Å². The van der Waals surface area contributed by atoms with E-state index in [1.165, 1.54) is 10.6 Å². The van der Waals surface area contributed by atoms with Gasteiger partial charge in [-0.15, -0.1) is 0 Å². The van der Waals surface area contributed by atoms with Crippen molar-refractivity contribution in [2.24, 2.45) is 0 Å². The molecule has 2 heterocycles. The molecule has 1 N–H and O–H groups in total. The summed E-state index contributed by atoms with van der Waals surface area (Å²) in [7, 11) is 1.58. The van der Waals surface area contributed by atoms with Crippen molar-refractivity contribution < 1.29 is 9.53 Å². The van der Waals surface area contributed by atoms with Gasteiger partial charge in [-0.1, -0.05) is 6.92 Å². The third kappa shape index (κ3) is 4.11. The van der Waals surface area contributed by atoms with Crippen LogP contribution >= 0.6 is 0 Å². The zero-order valence-corrected chi connectivity index (χ0v) is 16.4. The molecule has 1 amide bonds. The maximum atomic E-state index is 12.7. The van der Waals surface area contributed by atoms with E-state index < -0.39 is 0 Å². The smallest absolute Gasteiger partial charge is 0.255 e. The molecule has 0 aliphatic carbocycles. The van der Waals surface area contributed by atoms with E-state index in [9.17, 15) is 9.59 Å². The summed E-state index contributed by atoms with van der Waals surface area (Å²) >= 11 is 0. The highest BCUT2D eigenvalue weighted by molar-refractivity contribution is 5.90. The fourth-order valence-corrected chi connectivity index (χ4v) is 2.88. The number of carbonyl (C=O) groups is 1. The lowest BCUT2D eigenvalue weighted by Crippen LogP contribution is -2.32. The molecule has 0 unspecified atom stereocenters. The third-order valence-corrected chi connectivity index (χ3v) is 4.28. The number of benzene rings is 1. The molecule has 0 fully saturated rings. The minimum atomic E-state index is -0.332. The Morgan fingerprint density at radius 1 is 1.18 bits per heavy atom. The van der Waals surface area contributed by atoms with Crippen molar-refractivity contribution in [2.45, 2.75) is 33.7 Å². The zero-order chi connectivity index (χ0) is 20.3. The van der Waals surface area contributed by atoms with Gasteiger partial charge in [0.2, 0.25) is 11.9 Å². The summed E-state index contributed by atoms with van der Waals surface area (Å²) in [4.78, 5) is 29.8. The van der Waals surface area contributed by atoms with E-state index in [-0.39, 0.29) is 18.0 Å². The Morgan fingerprint density at radius 2 is 1.89 bits per heavy atom. The molecule has 0 radical (unpaired) electrons. The average molecular weight is 381 g/mol. The zero-order valence-electron chi connectivity index (χ0n) is 16.4. The summed E-state index contributed by atoms with van der Waals surface area (Å²) in [6.45, 7) is 5.50. The van der Waals surface area contributed by atoms with E-state index in [1.54, 1.807) is 36.1 Å². The molecule has 28 heavy (non-hydrogen) atoms. The number of aromatic nitrogens is 4. The molecule has 0 aliphatic heterocycles. The number of hydrogen-bond donors (Lipinski definition) is 1. The van der Waals surface area contributed by atoms with Crippen LogP contribution in [0.2, 0.25) is 0 Å². The fraction of sp³-hybridized carbons (Fsp3) is 0.300. The van der Waals surface area contributed by atoms with E-state index >= 15 is 0 Å². The van der Waals surface area contributed by atoms with Crippen molar-refractivity contribution in [3.05, 3.63) is 63.8 Å². The Kier molecular flexibility index (Phi) is 5.58. The molecule has 0 aliphatic rings. The first kappa shape index (κ1) is 19.3. The van der Waals surface area contributed by atoms with E-state index in [2.05, 4.69) is 15.4 Å². The second-order valence-corrected chi connectivity index (χ2v) is 6.44. The highest BCUT2D eigenvalue weighted by atomic mass is 16.5. The van der Waals surface area contributed by atoms with Crippen LogP contribution in [0.1, 0.15) is 24.0 Å². The van der Waals surface area contributed by atoms with Gasteiger partial charge < -0.3 is 10.1 Å². The van der Waals surface area contributed by atoms with E-state index in [0.717, 1.165) is 11.4 Å². The lowest BCUT2D eigenvalue weighted by molar-refractivity contribution is -0.116. The minimum absolute atomic E-state index is 0.171. The Hall–Kier alpha value is -3.42. The summed E-state index contributed by atoms with van der Waals surface area (Å²) in [5, 5.41) is 7.20. The Bertz CT molecular complexity index is 1050. The standard InChI is InChI=1S/C20H23N5O3/c1-5-15-11-19(27)24(20(22-15)25-14(3)10-13(2)23-25)12-18(26)21-16-6-8-17(28-4)9-7-16/h6-11H,5,12H2,1-4H3,(H,21,26). The molecule has 0 spiro atoms. The van der Waals surface area contributed by atoms with Crippen molar-refractivity contribution in [1.29, 1.82) is 0 Å². The molecule has 146 valence electrons. The van der Waals surface area contributed by atoms with E-state index in [0.29, 0.717) is 29.5 Å². The van der Waals surface area contributed by atoms with Crippen LogP contribution in [0.3, 0.4) is 0 Å². The highest BCUT2D eigenvalue weighted by Crippen LogP contribution is 2.15. The van der Waals surface area contributed by atoms with Gasteiger partial charge in [-0.2, -0.15) is 5.10 Å². The van der Waals surface area contributed by atoms with Crippen molar-refractivity contribution in [3.8, 4) is 11.7 Å². The van der Waals surface area contributed by atoms with Crippen LogP contribution in [0.25, 0.3) is 5.95 Å². The maximum absolute atomic E-state index is 12.7. The number of aryl methyl sites for hydroxylation is 3. The van der Waals surface area contributed by atoms with Crippen LogP contribution in [-0.4, -0.2) is 32.3 Å². The predicted molar refractivity (Wildman–Crippen MR) is 106 cm³/mol. The van der Waals surface area contributed by atoms with Crippen LogP contribution in [0.4, 0.5) is 5.69 Å². The van der Waals surface area contributed by atoms with E-state index in [4.69, 9.17) is 4.74 Å². The van der Waals surface area contributed by atoms with Crippen LogP contribution in [0.5, 0.6) is 5.75 Å². The molecule has 3 rings (SSSR count). The molecule has 0 saturated carbocycles. The lowest BCUT2D eigenvalue weighted by atomic mass is 10.3. The predicted octanol–water partition coefficient (Wildman–Crippen LogP) is 2.26. The summed E-state index contributed by atoms with van der Waals surface area (Å²) in [6, 6.07) is 10.3. The molecule has 3 aromatic rings. The second kappa shape index (κ2) is 8.08. The average Bonchev–Trinajstić information content (AvgIpc) is 3.01. The van der Waals surface area contributed by atoms with Crippen molar-refractivity contribution in [3.63, 3.8) is 0 Å². The first-order chi connectivity index (χ1) is 13.4. The number of amides is 1. The molecule has 8 nitrogen and oxygen atoms in total. The number of rotatable bonds is 6. The SMILES string of the molecule is CCc1cc(=O)n(CC(=O)Nc2ccc(OC)cc2)c(-n2nc(C)cc2C)n1. The van der Waals surface area contributed by atoms with Gasteiger partial charge in [-0.25, -0.2) is 9.67 Å². The topological polar surface area (TPSA) is 91.0 Å². The van der Waals surface area contributed by atoms with Gasteiger partial charge in [0.15, 0.2) is 0 Å². The molecule has 8 heteroatoms. The number of carbonyl (C=O) groups excluding carboxylic acids is 1. The lowest BCUT2D eigenvalue weighted by Gasteiger charge is -2.14. The van der Waals surface area contributed by atoms with E-state index in [1.807, 2.05) is 26.8 Å². The number of ether oxygens (including phenoxy) is 1. The van der Waals surface area contributed by atoms with Gasteiger partial charge in [0.25, 0.3) is 5.56 Å². The largest absolute Gasteiger partial charge is 0.497 e. The van der Waals surface area contributed by atoms with Crippen molar-refractivity contribution in [2.75, 3.05) is 12.4 Å². The number of anilines is 1. The fourth-order valence-electron chi connectivity index (χ4n) is 2.88. The molecular weight excluding hydrogens is 358 g/mol. The monoisotopic (exact) mass is 381 g/mol. The van der Waals surface area contributed by atoms with Gasteiger partial charge in [0, 0.05) is 23.1 Å². The second-order valence-electron chi connectivity index (χ2n) is 6.44.